The lowest BCUT2D eigenvalue weighted by Crippen LogP contribution is -2.28. The van der Waals surface area contributed by atoms with Crippen LogP contribution < -0.4 is 14.2 Å². The molecule has 0 unspecified atom stereocenters. The second-order valence-corrected chi connectivity index (χ2v) is 7.45. The van der Waals surface area contributed by atoms with E-state index in [2.05, 4.69) is 4.72 Å². The largest absolute Gasteiger partial charge is 0.497 e. The van der Waals surface area contributed by atoms with Crippen molar-refractivity contribution in [3.63, 3.8) is 0 Å². The highest BCUT2D eigenvalue weighted by molar-refractivity contribution is 7.88. The van der Waals surface area contributed by atoms with E-state index in [1.807, 2.05) is 31.2 Å². The van der Waals surface area contributed by atoms with Crippen LogP contribution >= 0.6 is 0 Å². The molecule has 0 saturated heterocycles. The molecule has 2 rings (SSSR count). The van der Waals surface area contributed by atoms with Crippen LogP contribution in [0, 0.1) is 6.92 Å². The lowest BCUT2D eigenvalue weighted by atomic mass is 10.1. The number of methoxy groups -OCH3 is 2. The average Bonchev–Trinajstić information content (AvgIpc) is 2.55. The summed E-state index contributed by atoms with van der Waals surface area (Å²) in [5, 5.41) is 0. The highest BCUT2D eigenvalue weighted by Gasteiger charge is 2.19. The molecule has 0 radical (unpaired) electrons. The summed E-state index contributed by atoms with van der Waals surface area (Å²) in [5.41, 5.74) is 2.57. The topological polar surface area (TPSA) is 64.6 Å². The summed E-state index contributed by atoms with van der Waals surface area (Å²) >= 11 is 0. The molecule has 0 aromatic heterocycles. The highest BCUT2D eigenvalue weighted by atomic mass is 32.2. The first-order chi connectivity index (χ1) is 11.3. The normalized spacial score (nSPS) is 12.7. The van der Waals surface area contributed by atoms with Crippen LogP contribution in [-0.2, 0) is 15.8 Å². The van der Waals surface area contributed by atoms with Gasteiger partial charge in [0, 0.05) is 11.6 Å². The van der Waals surface area contributed by atoms with Gasteiger partial charge in [0.25, 0.3) is 0 Å². The Kier molecular flexibility index (Phi) is 5.85. The second-order valence-electron chi connectivity index (χ2n) is 5.69. The van der Waals surface area contributed by atoms with Gasteiger partial charge in [0.05, 0.1) is 20.0 Å². The van der Waals surface area contributed by atoms with Crippen molar-refractivity contribution in [1.82, 2.24) is 4.72 Å². The minimum Gasteiger partial charge on any atom is -0.497 e. The molecule has 0 heterocycles. The fourth-order valence-electron chi connectivity index (χ4n) is 2.46. The van der Waals surface area contributed by atoms with Crippen LogP contribution in [0.2, 0.25) is 0 Å². The van der Waals surface area contributed by atoms with Crippen molar-refractivity contribution in [1.29, 1.82) is 0 Å². The molecule has 6 heteroatoms. The monoisotopic (exact) mass is 349 g/mol. The van der Waals surface area contributed by atoms with Gasteiger partial charge < -0.3 is 9.47 Å². The van der Waals surface area contributed by atoms with Gasteiger partial charge in [-0.05, 0) is 37.6 Å². The predicted molar refractivity (Wildman–Crippen MR) is 94.9 cm³/mol. The zero-order valence-electron chi connectivity index (χ0n) is 14.4. The van der Waals surface area contributed by atoms with Gasteiger partial charge in [-0.25, -0.2) is 13.1 Å². The number of hydrogen-bond donors (Lipinski definition) is 1. The molecule has 24 heavy (non-hydrogen) atoms. The van der Waals surface area contributed by atoms with Crippen LogP contribution in [0.1, 0.15) is 29.7 Å². The maximum Gasteiger partial charge on any atom is 0.216 e. The molecule has 2 aromatic carbocycles. The summed E-state index contributed by atoms with van der Waals surface area (Å²) in [6, 6.07) is 12.3. The van der Waals surface area contributed by atoms with Crippen molar-refractivity contribution >= 4 is 10.0 Å². The maximum atomic E-state index is 12.4. The number of ether oxygens (including phenoxy) is 2. The van der Waals surface area contributed by atoms with E-state index in [0.717, 1.165) is 16.7 Å². The molecule has 1 atom stereocenters. The van der Waals surface area contributed by atoms with E-state index >= 15 is 0 Å². The molecule has 130 valence electrons. The third kappa shape index (κ3) is 4.72. The molecular formula is C18H23NO4S. The van der Waals surface area contributed by atoms with Crippen LogP contribution in [0.5, 0.6) is 11.5 Å². The van der Waals surface area contributed by atoms with E-state index in [1.165, 1.54) is 0 Å². The van der Waals surface area contributed by atoms with Gasteiger partial charge in [0.15, 0.2) is 0 Å². The van der Waals surface area contributed by atoms with Crippen LogP contribution in [0.3, 0.4) is 0 Å². The summed E-state index contributed by atoms with van der Waals surface area (Å²) in [6.45, 7) is 3.75. The van der Waals surface area contributed by atoms with E-state index in [9.17, 15) is 8.42 Å². The minimum atomic E-state index is -3.49. The molecule has 5 nitrogen and oxygen atoms in total. The van der Waals surface area contributed by atoms with Crippen LogP contribution in [-0.4, -0.2) is 22.6 Å². The number of nitrogens with one attached hydrogen (secondary N) is 1. The Morgan fingerprint density at radius 2 is 1.71 bits per heavy atom. The SMILES string of the molecule is COc1ccc(OC)c([C@@H](C)NS(=O)(=O)Cc2ccc(C)cc2)c1. The van der Waals surface area contributed by atoms with E-state index in [1.54, 1.807) is 39.3 Å². The molecule has 0 fully saturated rings. The molecule has 0 saturated carbocycles. The standard InChI is InChI=1S/C18H23NO4S/c1-13-5-7-15(8-6-13)12-24(20,21)19-14(2)17-11-16(22-3)9-10-18(17)23-4/h5-11,14,19H,12H2,1-4H3/t14-/m1/s1. The Balaban J connectivity index is 2.18. The highest BCUT2D eigenvalue weighted by Crippen LogP contribution is 2.29. The summed E-state index contributed by atoms with van der Waals surface area (Å²) in [7, 11) is -0.364. The lowest BCUT2D eigenvalue weighted by Gasteiger charge is -2.18. The third-order valence-electron chi connectivity index (χ3n) is 3.74. The molecule has 0 aliphatic carbocycles. The quantitative estimate of drug-likeness (QED) is 0.834. The number of sulfonamides is 1. The summed E-state index contributed by atoms with van der Waals surface area (Å²) < 4.78 is 38.1. The van der Waals surface area contributed by atoms with Gasteiger partial charge in [-0.3, -0.25) is 0 Å². The van der Waals surface area contributed by atoms with Crippen LogP contribution in [0.4, 0.5) is 0 Å². The maximum absolute atomic E-state index is 12.4. The minimum absolute atomic E-state index is 0.0656. The average molecular weight is 349 g/mol. The van der Waals surface area contributed by atoms with Crippen molar-refractivity contribution in [3.05, 3.63) is 59.2 Å². The van der Waals surface area contributed by atoms with Gasteiger partial charge in [-0.1, -0.05) is 29.8 Å². The summed E-state index contributed by atoms with van der Waals surface area (Å²) in [4.78, 5) is 0. The van der Waals surface area contributed by atoms with Crippen molar-refractivity contribution in [2.45, 2.75) is 25.6 Å². The molecule has 0 spiro atoms. The molecule has 2 aromatic rings. The Hall–Kier alpha value is -2.05. The van der Waals surface area contributed by atoms with E-state index in [0.29, 0.717) is 11.5 Å². The lowest BCUT2D eigenvalue weighted by molar-refractivity contribution is 0.395. The van der Waals surface area contributed by atoms with Crippen LogP contribution in [0.25, 0.3) is 0 Å². The van der Waals surface area contributed by atoms with Gasteiger partial charge >= 0.3 is 0 Å². The molecule has 0 aliphatic rings. The van der Waals surface area contributed by atoms with Crippen molar-refractivity contribution in [2.75, 3.05) is 14.2 Å². The van der Waals surface area contributed by atoms with Crippen molar-refractivity contribution < 1.29 is 17.9 Å². The van der Waals surface area contributed by atoms with Gasteiger partial charge in [-0.2, -0.15) is 0 Å². The third-order valence-corrected chi connectivity index (χ3v) is 5.16. The van der Waals surface area contributed by atoms with Crippen molar-refractivity contribution in [2.24, 2.45) is 0 Å². The van der Waals surface area contributed by atoms with Gasteiger partial charge in [0.1, 0.15) is 11.5 Å². The van der Waals surface area contributed by atoms with E-state index < -0.39 is 16.1 Å². The van der Waals surface area contributed by atoms with E-state index in [4.69, 9.17) is 9.47 Å². The summed E-state index contributed by atoms with van der Waals surface area (Å²) in [6.07, 6.45) is 0. The van der Waals surface area contributed by atoms with Crippen molar-refractivity contribution in [3.8, 4) is 11.5 Å². The Morgan fingerprint density at radius 3 is 2.29 bits per heavy atom. The number of rotatable bonds is 7. The van der Waals surface area contributed by atoms with Crippen LogP contribution in [0.15, 0.2) is 42.5 Å². The first-order valence-corrected chi connectivity index (χ1v) is 9.27. The number of aryl methyl sites for hydroxylation is 1. The first-order valence-electron chi connectivity index (χ1n) is 7.62. The molecular weight excluding hydrogens is 326 g/mol. The zero-order chi connectivity index (χ0) is 17.7. The zero-order valence-corrected chi connectivity index (χ0v) is 15.2. The number of benzene rings is 2. The molecule has 0 aliphatic heterocycles. The Bertz CT molecular complexity index is 785. The Morgan fingerprint density at radius 1 is 1.04 bits per heavy atom. The predicted octanol–water partition coefficient (Wildman–Crippen LogP) is 3.19. The first kappa shape index (κ1) is 18.3. The smallest absolute Gasteiger partial charge is 0.216 e. The fraction of sp³-hybridized carbons (Fsp3) is 0.333. The molecule has 0 bridgehead atoms. The fourth-order valence-corrected chi connectivity index (χ4v) is 3.84. The Labute approximate surface area is 143 Å². The summed E-state index contributed by atoms with van der Waals surface area (Å²) in [5.74, 6) is 1.20. The second kappa shape index (κ2) is 7.68. The molecule has 1 N–H and O–H groups in total. The van der Waals surface area contributed by atoms with Gasteiger partial charge in [-0.15, -0.1) is 0 Å². The van der Waals surface area contributed by atoms with E-state index in [-0.39, 0.29) is 5.75 Å². The van der Waals surface area contributed by atoms with Gasteiger partial charge in [0.2, 0.25) is 10.0 Å². The number of hydrogen-bond acceptors (Lipinski definition) is 4. The molecule has 0 amide bonds.